The Morgan fingerprint density at radius 2 is 2.17 bits per heavy atom. The monoisotopic (exact) mass is 340 g/mol. The number of nitrogens with zero attached hydrogens (tertiary/aromatic N) is 2. The Bertz CT molecular complexity index is 517. The summed E-state index contributed by atoms with van der Waals surface area (Å²) in [6.07, 6.45) is 3.82. The maximum atomic E-state index is 14.9. The molecule has 1 aliphatic carbocycles. The van der Waals surface area contributed by atoms with Crippen LogP contribution in [0, 0.1) is 0 Å². The fourth-order valence-corrected chi connectivity index (χ4v) is 3.24. The summed E-state index contributed by atoms with van der Waals surface area (Å²) in [4.78, 5) is 8.62. The third-order valence-corrected chi connectivity index (χ3v) is 4.69. The van der Waals surface area contributed by atoms with Crippen LogP contribution in [0.25, 0.3) is 0 Å². The van der Waals surface area contributed by atoms with E-state index in [2.05, 4.69) is 9.97 Å². The first-order chi connectivity index (χ1) is 11.7. The van der Waals surface area contributed by atoms with Crippen molar-refractivity contribution < 1.29 is 23.7 Å². The Labute approximate surface area is 141 Å². The van der Waals surface area contributed by atoms with Gasteiger partial charge in [-0.1, -0.05) is 0 Å². The predicted molar refractivity (Wildman–Crippen MR) is 84.4 cm³/mol. The molecule has 2 heterocycles. The summed E-state index contributed by atoms with van der Waals surface area (Å²) in [5.41, 5.74) is -0.684. The first-order valence-electron chi connectivity index (χ1n) is 8.57. The fraction of sp³-hybridized carbons (Fsp3) is 0.765. The second kappa shape index (κ2) is 8.29. The molecule has 1 saturated carbocycles. The van der Waals surface area contributed by atoms with Gasteiger partial charge in [0.15, 0.2) is 0 Å². The van der Waals surface area contributed by atoms with Gasteiger partial charge in [-0.2, -0.15) is 0 Å². The van der Waals surface area contributed by atoms with Crippen molar-refractivity contribution >= 4 is 0 Å². The van der Waals surface area contributed by atoms with E-state index < -0.39 is 5.67 Å². The van der Waals surface area contributed by atoms with Gasteiger partial charge in [-0.25, -0.2) is 14.4 Å². The van der Waals surface area contributed by atoms with Crippen LogP contribution in [-0.4, -0.2) is 59.9 Å². The number of aliphatic hydroxyl groups is 1. The second-order valence-electron chi connectivity index (χ2n) is 6.57. The van der Waals surface area contributed by atoms with Crippen LogP contribution in [0.4, 0.5) is 4.39 Å². The minimum absolute atomic E-state index is 0.0895. The van der Waals surface area contributed by atoms with Crippen molar-refractivity contribution in [3.63, 3.8) is 0 Å². The standard InChI is InChI=1S/C17H25FN2O4/c18-17(12-23-11-15-10-22-7-8-24-15)4-1-13(2-5-17)16-19-6-3-14(9-21)20-16/h3,6,13,15,21H,1-2,4-5,7-12H2. The van der Waals surface area contributed by atoms with E-state index in [0.717, 1.165) is 0 Å². The SMILES string of the molecule is OCc1ccnc(C2CCC(F)(COCC3COCCO3)CC2)n1. The summed E-state index contributed by atoms with van der Waals surface area (Å²) in [7, 11) is 0. The molecule has 1 aromatic heterocycles. The lowest BCUT2D eigenvalue weighted by Gasteiger charge is -2.33. The lowest BCUT2D eigenvalue weighted by molar-refractivity contribution is -0.125. The van der Waals surface area contributed by atoms with E-state index in [1.807, 2.05) is 0 Å². The highest BCUT2D eigenvalue weighted by Crippen LogP contribution is 2.39. The van der Waals surface area contributed by atoms with Crippen LogP contribution >= 0.6 is 0 Å². The highest BCUT2D eigenvalue weighted by atomic mass is 19.1. The number of halogens is 1. The molecule has 1 aliphatic heterocycles. The van der Waals surface area contributed by atoms with Crippen LogP contribution in [0.3, 0.4) is 0 Å². The van der Waals surface area contributed by atoms with Gasteiger partial charge in [0.05, 0.1) is 45.3 Å². The molecule has 0 amide bonds. The number of aromatic nitrogens is 2. The third kappa shape index (κ3) is 4.69. The van der Waals surface area contributed by atoms with Gasteiger partial charge >= 0.3 is 0 Å². The molecule has 1 atom stereocenters. The van der Waals surface area contributed by atoms with Crippen LogP contribution in [0.5, 0.6) is 0 Å². The largest absolute Gasteiger partial charge is 0.390 e. The third-order valence-electron chi connectivity index (χ3n) is 4.69. The fourth-order valence-electron chi connectivity index (χ4n) is 3.24. The zero-order valence-electron chi connectivity index (χ0n) is 13.8. The maximum absolute atomic E-state index is 14.9. The Hall–Kier alpha value is -1.15. The quantitative estimate of drug-likeness (QED) is 0.851. The maximum Gasteiger partial charge on any atom is 0.134 e. The molecule has 6 nitrogen and oxygen atoms in total. The van der Waals surface area contributed by atoms with Crippen LogP contribution in [-0.2, 0) is 20.8 Å². The lowest BCUT2D eigenvalue weighted by Crippen LogP contribution is -2.37. The molecule has 0 spiro atoms. The molecular formula is C17H25FN2O4. The molecule has 1 saturated heterocycles. The summed E-state index contributed by atoms with van der Waals surface area (Å²) in [5.74, 6) is 0.854. The van der Waals surface area contributed by atoms with Gasteiger partial charge in [-0.05, 0) is 31.7 Å². The summed E-state index contributed by atoms with van der Waals surface area (Å²) in [6, 6.07) is 1.69. The summed E-state index contributed by atoms with van der Waals surface area (Å²) < 4.78 is 31.2. The number of aliphatic hydroxyl groups excluding tert-OH is 1. The molecule has 3 rings (SSSR count). The molecule has 24 heavy (non-hydrogen) atoms. The van der Waals surface area contributed by atoms with Crippen LogP contribution in [0.15, 0.2) is 12.3 Å². The van der Waals surface area contributed by atoms with Crippen LogP contribution < -0.4 is 0 Å². The molecule has 0 bridgehead atoms. The average Bonchev–Trinajstić information content (AvgIpc) is 2.63. The Morgan fingerprint density at radius 3 is 2.88 bits per heavy atom. The first-order valence-corrected chi connectivity index (χ1v) is 8.57. The Morgan fingerprint density at radius 1 is 1.33 bits per heavy atom. The first kappa shape index (κ1) is 17.7. The van der Waals surface area contributed by atoms with Gasteiger partial charge in [0.25, 0.3) is 0 Å². The summed E-state index contributed by atoms with van der Waals surface area (Å²) in [5, 5.41) is 9.16. The van der Waals surface area contributed by atoms with Crippen LogP contribution in [0.2, 0.25) is 0 Å². The number of hydrogen-bond donors (Lipinski definition) is 1. The molecular weight excluding hydrogens is 315 g/mol. The van der Waals surface area contributed by atoms with Crippen molar-refractivity contribution in [2.24, 2.45) is 0 Å². The molecule has 134 valence electrons. The zero-order chi connectivity index (χ0) is 16.8. The molecule has 2 fully saturated rings. The van der Waals surface area contributed by atoms with E-state index >= 15 is 0 Å². The molecule has 0 aromatic carbocycles. The highest BCUT2D eigenvalue weighted by Gasteiger charge is 2.37. The minimum Gasteiger partial charge on any atom is -0.390 e. The number of rotatable bonds is 6. The van der Waals surface area contributed by atoms with Gasteiger partial charge < -0.3 is 19.3 Å². The smallest absolute Gasteiger partial charge is 0.134 e. The number of hydrogen-bond acceptors (Lipinski definition) is 6. The van der Waals surface area contributed by atoms with Crippen LogP contribution in [0.1, 0.15) is 43.1 Å². The van der Waals surface area contributed by atoms with E-state index in [0.29, 0.717) is 63.6 Å². The molecule has 1 N–H and O–H groups in total. The Balaban J connectivity index is 1.44. The van der Waals surface area contributed by atoms with Gasteiger partial charge in [0, 0.05) is 12.1 Å². The van der Waals surface area contributed by atoms with Gasteiger partial charge in [0.1, 0.15) is 17.6 Å². The lowest BCUT2D eigenvalue weighted by atomic mass is 9.80. The summed E-state index contributed by atoms with van der Waals surface area (Å²) >= 11 is 0. The predicted octanol–water partition coefficient (Wildman–Crippen LogP) is 1.77. The molecule has 1 aromatic rings. The molecule has 0 radical (unpaired) electrons. The van der Waals surface area contributed by atoms with Crippen molar-refractivity contribution in [1.29, 1.82) is 0 Å². The molecule has 1 unspecified atom stereocenters. The van der Waals surface area contributed by atoms with Gasteiger partial charge in [-0.3, -0.25) is 0 Å². The highest BCUT2D eigenvalue weighted by molar-refractivity contribution is 5.07. The topological polar surface area (TPSA) is 73.7 Å². The van der Waals surface area contributed by atoms with Crippen molar-refractivity contribution in [2.75, 3.05) is 33.0 Å². The zero-order valence-corrected chi connectivity index (χ0v) is 13.8. The minimum atomic E-state index is -1.29. The molecule has 2 aliphatic rings. The molecule has 7 heteroatoms. The van der Waals surface area contributed by atoms with E-state index in [9.17, 15) is 4.39 Å². The van der Waals surface area contributed by atoms with E-state index in [1.54, 1.807) is 12.3 Å². The Kier molecular flexibility index (Phi) is 6.10. The van der Waals surface area contributed by atoms with E-state index in [4.69, 9.17) is 19.3 Å². The van der Waals surface area contributed by atoms with Crippen molar-refractivity contribution in [3.05, 3.63) is 23.8 Å². The van der Waals surface area contributed by atoms with Gasteiger partial charge in [-0.15, -0.1) is 0 Å². The van der Waals surface area contributed by atoms with Crippen molar-refractivity contribution in [2.45, 2.75) is 50.0 Å². The van der Waals surface area contributed by atoms with Crippen molar-refractivity contribution in [3.8, 4) is 0 Å². The average molecular weight is 340 g/mol. The second-order valence-corrected chi connectivity index (χ2v) is 6.57. The number of alkyl halides is 1. The van der Waals surface area contributed by atoms with Gasteiger partial charge in [0.2, 0.25) is 0 Å². The van der Waals surface area contributed by atoms with Crippen molar-refractivity contribution in [1.82, 2.24) is 9.97 Å². The number of ether oxygens (including phenoxy) is 3. The van der Waals surface area contributed by atoms with E-state index in [1.165, 1.54) is 0 Å². The van der Waals surface area contributed by atoms with E-state index in [-0.39, 0.29) is 25.2 Å². The normalized spacial score (nSPS) is 31.1. The summed E-state index contributed by atoms with van der Waals surface area (Å²) in [6.45, 7) is 2.07.